The number of hydrazine groups is 1. The molecule has 1 N–H and O–H groups in total. The molecule has 0 rings (SSSR count). The highest BCUT2D eigenvalue weighted by Crippen LogP contribution is 1.99. The molecular weight excluding hydrogens is 226 g/mol. The number of carbonyl (C=O) groups excluding carboxylic acids is 1. The van der Waals surface area contributed by atoms with Gasteiger partial charge in [-0.2, -0.15) is 8.42 Å². The lowest BCUT2D eigenvalue weighted by atomic mass is 11.2. The lowest BCUT2D eigenvalue weighted by molar-refractivity contribution is -0.695. The van der Waals surface area contributed by atoms with Crippen molar-refractivity contribution in [2.75, 3.05) is 0 Å². The minimum atomic E-state index is -5.26. The van der Waals surface area contributed by atoms with E-state index in [1.807, 2.05) is 0 Å². The van der Waals surface area contributed by atoms with Crippen molar-refractivity contribution in [3.63, 3.8) is 0 Å². The third-order valence-corrected chi connectivity index (χ3v) is 0.932. The lowest BCUT2D eigenvalue weighted by Gasteiger charge is -2.04. The number of hydroxylamine groups is 1. The molecule has 0 aromatic carbocycles. The summed E-state index contributed by atoms with van der Waals surface area (Å²) in [6.07, 6.45) is -1.30. The lowest BCUT2D eigenvalue weighted by Crippen LogP contribution is -2.37. The summed E-state index contributed by atoms with van der Waals surface area (Å²) in [7, 11) is -5.26. The SMILES string of the molecule is N#COC(=O)N(OS(=O)(=O)O)[N+](=O)[O-]. The van der Waals surface area contributed by atoms with Gasteiger partial charge in [0, 0.05) is 0 Å². The average molecular weight is 227 g/mol. The molecule has 1 amide bonds. The summed E-state index contributed by atoms with van der Waals surface area (Å²) in [6.45, 7) is 0. The van der Waals surface area contributed by atoms with Gasteiger partial charge in [0.25, 0.3) is 6.26 Å². The molecule has 0 bridgehead atoms. The van der Waals surface area contributed by atoms with Crippen LogP contribution in [0.15, 0.2) is 0 Å². The molecule has 0 aliphatic heterocycles. The molecule has 0 saturated heterocycles. The van der Waals surface area contributed by atoms with Crippen molar-refractivity contribution in [3.8, 4) is 6.26 Å². The Morgan fingerprint density at radius 2 is 2.14 bits per heavy atom. The normalized spacial score (nSPS) is 10.0. The first-order valence-corrected chi connectivity index (χ1v) is 3.86. The number of amides is 1. The van der Waals surface area contributed by atoms with Crippen molar-refractivity contribution in [2.24, 2.45) is 0 Å². The molecule has 0 aromatic heterocycles. The van der Waals surface area contributed by atoms with E-state index in [0.29, 0.717) is 0 Å². The molecule has 0 radical (unpaired) electrons. The number of nitro groups is 1. The second kappa shape index (κ2) is 4.32. The third-order valence-electron chi connectivity index (χ3n) is 0.602. The van der Waals surface area contributed by atoms with Gasteiger partial charge in [-0.05, 0) is 0 Å². The Balaban J connectivity index is 4.73. The molecule has 0 atom stereocenters. The van der Waals surface area contributed by atoms with Gasteiger partial charge >= 0.3 is 16.5 Å². The quantitative estimate of drug-likeness (QED) is 0.271. The number of hydrogen-bond donors (Lipinski definition) is 1. The third kappa shape index (κ3) is 4.15. The standard InChI is InChI=1S/C2HN3O8S/c3-1-12-2(6)4(5(7)8)13-14(9,10)11/h(H,9,10,11). The smallest absolute Gasteiger partial charge is 0.328 e. The fraction of sp³-hybridized carbons (Fsp3) is 0. The van der Waals surface area contributed by atoms with E-state index < -0.39 is 26.7 Å². The van der Waals surface area contributed by atoms with Crippen LogP contribution >= 0.6 is 0 Å². The number of rotatable bonds is 3. The van der Waals surface area contributed by atoms with Gasteiger partial charge in [-0.1, -0.05) is 4.28 Å². The highest BCUT2D eigenvalue weighted by Gasteiger charge is 2.34. The van der Waals surface area contributed by atoms with E-state index in [9.17, 15) is 23.3 Å². The van der Waals surface area contributed by atoms with Crippen LogP contribution in [0.3, 0.4) is 0 Å². The Bertz CT molecular complexity index is 378. The molecule has 0 aliphatic rings. The minimum absolute atomic E-state index is 0.736. The van der Waals surface area contributed by atoms with Crippen molar-refractivity contribution in [1.82, 2.24) is 5.17 Å². The van der Waals surface area contributed by atoms with Crippen molar-refractivity contribution in [3.05, 3.63) is 10.1 Å². The van der Waals surface area contributed by atoms with Gasteiger partial charge in [0.05, 0.1) is 0 Å². The average Bonchev–Trinajstić information content (AvgIpc) is 1.98. The van der Waals surface area contributed by atoms with Crippen molar-refractivity contribution in [1.29, 1.82) is 5.26 Å². The summed E-state index contributed by atoms with van der Waals surface area (Å²) in [5, 5.41) is 14.9. The van der Waals surface area contributed by atoms with E-state index in [1.54, 1.807) is 0 Å². The molecule has 0 aromatic rings. The van der Waals surface area contributed by atoms with Crippen LogP contribution in [0.5, 0.6) is 0 Å². The van der Waals surface area contributed by atoms with Crippen LogP contribution < -0.4 is 0 Å². The zero-order chi connectivity index (χ0) is 11.4. The van der Waals surface area contributed by atoms with Crippen LogP contribution in [0.2, 0.25) is 0 Å². The number of carbonyl (C=O) groups is 1. The van der Waals surface area contributed by atoms with E-state index in [-0.39, 0.29) is 0 Å². The van der Waals surface area contributed by atoms with Crippen LogP contribution in [-0.2, 0) is 19.4 Å². The van der Waals surface area contributed by atoms with Gasteiger partial charge in [-0.15, -0.1) is 5.26 Å². The topological polar surface area (TPSA) is 160 Å². The highest BCUT2D eigenvalue weighted by atomic mass is 32.3. The zero-order valence-corrected chi connectivity index (χ0v) is 6.87. The van der Waals surface area contributed by atoms with Gasteiger partial charge in [0.2, 0.25) is 0 Å². The first-order chi connectivity index (χ1) is 6.28. The predicted octanol–water partition coefficient (Wildman–Crippen LogP) is -1.17. The van der Waals surface area contributed by atoms with E-state index in [0.717, 1.165) is 6.26 Å². The van der Waals surface area contributed by atoms with Crippen LogP contribution in [0, 0.1) is 21.6 Å². The van der Waals surface area contributed by atoms with Crippen LogP contribution in [0.4, 0.5) is 4.79 Å². The fourth-order valence-electron chi connectivity index (χ4n) is 0.292. The van der Waals surface area contributed by atoms with Crippen LogP contribution in [-0.4, -0.2) is 29.3 Å². The molecule has 0 spiro atoms. The number of nitriles is 1. The largest absolute Gasteiger partial charge is 0.514 e. The maximum absolute atomic E-state index is 10.4. The van der Waals surface area contributed by atoms with E-state index in [1.165, 1.54) is 0 Å². The molecule has 0 fully saturated rings. The second-order valence-corrected chi connectivity index (χ2v) is 2.48. The predicted molar refractivity (Wildman–Crippen MR) is 33.6 cm³/mol. The van der Waals surface area contributed by atoms with Crippen LogP contribution in [0.1, 0.15) is 0 Å². The van der Waals surface area contributed by atoms with E-state index in [2.05, 4.69) is 9.02 Å². The monoisotopic (exact) mass is 227 g/mol. The molecule has 11 nitrogen and oxygen atoms in total. The van der Waals surface area contributed by atoms with Gasteiger partial charge in [-0.25, -0.2) is 14.9 Å². The molecule has 14 heavy (non-hydrogen) atoms. The summed E-state index contributed by atoms with van der Waals surface area (Å²) in [5.74, 6) is 0. The van der Waals surface area contributed by atoms with E-state index in [4.69, 9.17) is 9.81 Å². The number of nitrogens with zero attached hydrogens (tertiary/aromatic N) is 3. The molecule has 0 saturated carbocycles. The Hall–Kier alpha value is -1.97. The summed E-state index contributed by atoms with van der Waals surface area (Å²) in [4.78, 5) is 20.3. The molecule has 0 heterocycles. The van der Waals surface area contributed by atoms with Gasteiger partial charge in [0.1, 0.15) is 5.17 Å². The molecule has 0 aliphatic carbocycles. The number of ether oxygens (including phenoxy) is 1. The van der Waals surface area contributed by atoms with Gasteiger partial charge in [0.15, 0.2) is 5.03 Å². The Morgan fingerprint density at radius 1 is 1.64 bits per heavy atom. The van der Waals surface area contributed by atoms with Crippen molar-refractivity contribution in [2.45, 2.75) is 0 Å². The fourth-order valence-corrected chi connectivity index (χ4v) is 0.585. The minimum Gasteiger partial charge on any atom is -0.328 e. The Kier molecular flexibility index (Phi) is 3.71. The van der Waals surface area contributed by atoms with Crippen molar-refractivity contribution < 1.29 is 31.8 Å². The highest BCUT2D eigenvalue weighted by molar-refractivity contribution is 7.80. The first-order valence-electron chi connectivity index (χ1n) is 2.49. The maximum Gasteiger partial charge on any atom is 0.514 e. The first kappa shape index (κ1) is 12.0. The molecule has 12 heteroatoms. The Morgan fingerprint density at radius 3 is 2.43 bits per heavy atom. The summed E-state index contributed by atoms with van der Waals surface area (Å²) in [6, 6.07) is 0. The van der Waals surface area contributed by atoms with Gasteiger partial charge < -0.3 is 4.74 Å². The van der Waals surface area contributed by atoms with Crippen LogP contribution in [0.25, 0.3) is 0 Å². The summed E-state index contributed by atoms with van der Waals surface area (Å²) >= 11 is 0. The van der Waals surface area contributed by atoms with E-state index >= 15 is 0 Å². The zero-order valence-electron chi connectivity index (χ0n) is 6.05. The van der Waals surface area contributed by atoms with Crippen molar-refractivity contribution >= 4 is 16.5 Å². The molecular formula is C2HN3O8S. The summed E-state index contributed by atoms with van der Waals surface area (Å²) < 4.78 is 34.4. The second-order valence-electron chi connectivity index (χ2n) is 1.47. The van der Waals surface area contributed by atoms with Gasteiger partial charge in [-0.3, -0.25) is 4.55 Å². The number of hydrogen-bond acceptors (Lipinski definition) is 8. The maximum atomic E-state index is 10.4. The Labute approximate surface area is 76.1 Å². The summed E-state index contributed by atoms with van der Waals surface area (Å²) in [5.41, 5.74) is 0. The molecule has 78 valence electrons. The molecule has 0 unspecified atom stereocenters.